The van der Waals surface area contributed by atoms with E-state index in [1.54, 1.807) is 20.4 Å². The number of nitrogens with zero attached hydrogens (tertiary/aromatic N) is 6. The zero-order valence-corrected chi connectivity index (χ0v) is 18.0. The molecular formula is C23H24N6O2. The number of rotatable bonds is 6. The van der Waals surface area contributed by atoms with E-state index in [1.807, 2.05) is 54.9 Å². The molecule has 158 valence electrons. The Labute approximate surface area is 180 Å². The highest BCUT2D eigenvalue weighted by Crippen LogP contribution is 2.33. The Balaban J connectivity index is 1.61. The molecule has 8 heteroatoms. The van der Waals surface area contributed by atoms with Crippen LogP contribution in [0.25, 0.3) is 28.3 Å². The molecule has 3 aromatic heterocycles. The fourth-order valence-corrected chi connectivity index (χ4v) is 3.76. The van der Waals surface area contributed by atoms with Crippen molar-refractivity contribution in [3.8, 4) is 34.1 Å². The van der Waals surface area contributed by atoms with Crippen molar-refractivity contribution in [3.05, 3.63) is 48.3 Å². The van der Waals surface area contributed by atoms with Crippen LogP contribution in [0.5, 0.6) is 11.5 Å². The molecule has 1 aromatic carbocycles. The second kappa shape index (κ2) is 7.54. The number of methoxy groups -OCH3 is 2. The van der Waals surface area contributed by atoms with Crippen molar-refractivity contribution in [2.75, 3.05) is 26.2 Å². The van der Waals surface area contributed by atoms with Gasteiger partial charge in [0, 0.05) is 24.8 Å². The first-order valence-corrected chi connectivity index (χ1v) is 10.2. The van der Waals surface area contributed by atoms with Crippen LogP contribution >= 0.6 is 0 Å². The molecule has 0 bridgehead atoms. The number of benzene rings is 1. The fraction of sp³-hybridized carbons (Fsp3) is 0.304. The van der Waals surface area contributed by atoms with Crippen LogP contribution in [0.4, 0.5) is 5.95 Å². The topological polar surface area (TPSA) is 77.7 Å². The SMILES string of the molecule is COc1ccc(-c2ccc3nc(C)c(-c4ccnc(N(C)C5CC5)n4)n3n2)cc1OC. The van der Waals surface area contributed by atoms with Gasteiger partial charge < -0.3 is 14.4 Å². The number of imidazole rings is 1. The highest BCUT2D eigenvalue weighted by molar-refractivity contribution is 5.68. The number of ether oxygens (including phenoxy) is 2. The molecule has 5 rings (SSSR count). The minimum atomic E-state index is 0.535. The Morgan fingerprint density at radius 2 is 1.77 bits per heavy atom. The number of aryl methyl sites for hydroxylation is 1. The summed E-state index contributed by atoms with van der Waals surface area (Å²) >= 11 is 0. The molecule has 0 aliphatic heterocycles. The fourth-order valence-electron chi connectivity index (χ4n) is 3.76. The Morgan fingerprint density at radius 3 is 2.52 bits per heavy atom. The third-order valence-corrected chi connectivity index (χ3v) is 5.63. The van der Waals surface area contributed by atoms with Crippen LogP contribution in [0.15, 0.2) is 42.6 Å². The smallest absolute Gasteiger partial charge is 0.225 e. The van der Waals surface area contributed by atoms with Crippen LogP contribution in [0.3, 0.4) is 0 Å². The third-order valence-electron chi connectivity index (χ3n) is 5.63. The van der Waals surface area contributed by atoms with Gasteiger partial charge in [-0.15, -0.1) is 0 Å². The summed E-state index contributed by atoms with van der Waals surface area (Å²) < 4.78 is 12.7. The van der Waals surface area contributed by atoms with Crippen LogP contribution < -0.4 is 14.4 Å². The van der Waals surface area contributed by atoms with Crippen LogP contribution in [-0.2, 0) is 0 Å². The molecule has 1 aliphatic carbocycles. The molecule has 1 saturated carbocycles. The van der Waals surface area contributed by atoms with E-state index in [0.717, 1.165) is 39.9 Å². The number of fused-ring (bicyclic) bond motifs is 1. The minimum absolute atomic E-state index is 0.535. The van der Waals surface area contributed by atoms with Gasteiger partial charge in [0.15, 0.2) is 17.1 Å². The van der Waals surface area contributed by atoms with Gasteiger partial charge in [-0.05, 0) is 56.2 Å². The molecule has 0 N–H and O–H groups in total. The van der Waals surface area contributed by atoms with Crippen LogP contribution in [0.1, 0.15) is 18.5 Å². The van der Waals surface area contributed by atoms with Gasteiger partial charge in [0.2, 0.25) is 5.95 Å². The van der Waals surface area contributed by atoms with Crippen molar-refractivity contribution < 1.29 is 9.47 Å². The second-order valence-electron chi connectivity index (χ2n) is 7.69. The van der Waals surface area contributed by atoms with E-state index in [2.05, 4.69) is 14.9 Å². The number of anilines is 1. The van der Waals surface area contributed by atoms with Crippen molar-refractivity contribution in [1.29, 1.82) is 0 Å². The maximum Gasteiger partial charge on any atom is 0.225 e. The van der Waals surface area contributed by atoms with Gasteiger partial charge in [-0.2, -0.15) is 5.10 Å². The van der Waals surface area contributed by atoms with E-state index in [1.165, 1.54) is 12.8 Å². The lowest BCUT2D eigenvalue weighted by molar-refractivity contribution is 0.355. The highest BCUT2D eigenvalue weighted by Gasteiger charge is 2.28. The van der Waals surface area contributed by atoms with Gasteiger partial charge >= 0.3 is 0 Å². The monoisotopic (exact) mass is 416 g/mol. The highest BCUT2D eigenvalue weighted by atomic mass is 16.5. The normalized spacial score (nSPS) is 13.4. The molecule has 1 aliphatic rings. The first-order valence-electron chi connectivity index (χ1n) is 10.2. The predicted molar refractivity (Wildman–Crippen MR) is 119 cm³/mol. The molecule has 0 amide bonds. The summed E-state index contributed by atoms with van der Waals surface area (Å²) in [6.45, 7) is 1.98. The largest absolute Gasteiger partial charge is 0.493 e. The minimum Gasteiger partial charge on any atom is -0.493 e. The van der Waals surface area contributed by atoms with Crippen molar-refractivity contribution in [2.45, 2.75) is 25.8 Å². The standard InChI is InChI=1S/C23H24N6O2/c1-14-22(18-11-12-24-23(26-18)28(2)16-6-7-16)29-21(25-14)10-8-17(27-29)15-5-9-19(30-3)20(13-15)31-4/h5,8-13,16H,6-7H2,1-4H3. The number of hydrogen-bond donors (Lipinski definition) is 0. The molecule has 0 atom stereocenters. The van der Waals surface area contributed by atoms with Crippen LogP contribution in [-0.4, -0.2) is 51.9 Å². The van der Waals surface area contributed by atoms with Gasteiger partial charge in [0.1, 0.15) is 5.69 Å². The van der Waals surface area contributed by atoms with E-state index in [-0.39, 0.29) is 0 Å². The van der Waals surface area contributed by atoms with E-state index >= 15 is 0 Å². The lowest BCUT2D eigenvalue weighted by atomic mass is 10.1. The summed E-state index contributed by atoms with van der Waals surface area (Å²) in [5.41, 5.74) is 5.04. The van der Waals surface area contributed by atoms with E-state index in [4.69, 9.17) is 19.6 Å². The quantitative estimate of drug-likeness (QED) is 0.473. The summed E-state index contributed by atoms with van der Waals surface area (Å²) in [5, 5.41) is 4.88. The lowest BCUT2D eigenvalue weighted by Gasteiger charge is -2.16. The molecule has 0 spiro atoms. The zero-order chi connectivity index (χ0) is 21.5. The lowest BCUT2D eigenvalue weighted by Crippen LogP contribution is -2.22. The summed E-state index contributed by atoms with van der Waals surface area (Å²) in [6, 6.07) is 12.1. The molecular weight excluding hydrogens is 392 g/mol. The zero-order valence-electron chi connectivity index (χ0n) is 18.0. The van der Waals surface area contributed by atoms with Gasteiger partial charge in [0.05, 0.1) is 31.3 Å². The summed E-state index contributed by atoms with van der Waals surface area (Å²) in [6.07, 6.45) is 4.18. The van der Waals surface area contributed by atoms with Gasteiger partial charge in [0.25, 0.3) is 0 Å². The third kappa shape index (κ3) is 3.43. The maximum atomic E-state index is 5.45. The van der Waals surface area contributed by atoms with Crippen molar-refractivity contribution in [3.63, 3.8) is 0 Å². The Hall–Kier alpha value is -3.68. The first-order chi connectivity index (χ1) is 15.1. The van der Waals surface area contributed by atoms with Gasteiger partial charge in [-0.1, -0.05) is 0 Å². The Morgan fingerprint density at radius 1 is 0.968 bits per heavy atom. The molecule has 0 radical (unpaired) electrons. The molecule has 1 fully saturated rings. The summed E-state index contributed by atoms with van der Waals surface area (Å²) in [7, 11) is 5.30. The Bertz CT molecular complexity index is 1260. The average molecular weight is 416 g/mol. The van der Waals surface area contributed by atoms with Crippen LogP contribution in [0, 0.1) is 6.92 Å². The average Bonchev–Trinajstić information content (AvgIpc) is 3.60. The number of aromatic nitrogens is 5. The molecule has 8 nitrogen and oxygen atoms in total. The molecule has 31 heavy (non-hydrogen) atoms. The van der Waals surface area contributed by atoms with Crippen LogP contribution in [0.2, 0.25) is 0 Å². The van der Waals surface area contributed by atoms with Gasteiger partial charge in [-0.25, -0.2) is 19.5 Å². The first kappa shape index (κ1) is 19.3. The summed E-state index contributed by atoms with van der Waals surface area (Å²) in [5.74, 6) is 2.07. The molecule has 0 unspecified atom stereocenters. The molecule has 3 heterocycles. The van der Waals surface area contributed by atoms with Gasteiger partial charge in [-0.3, -0.25) is 0 Å². The molecule has 0 saturated heterocycles. The number of hydrogen-bond acceptors (Lipinski definition) is 7. The Kier molecular flexibility index (Phi) is 4.69. The summed E-state index contributed by atoms with van der Waals surface area (Å²) in [4.78, 5) is 16.1. The van der Waals surface area contributed by atoms with E-state index < -0.39 is 0 Å². The predicted octanol–water partition coefficient (Wildman–Crippen LogP) is 3.78. The maximum absolute atomic E-state index is 5.45. The second-order valence-corrected chi connectivity index (χ2v) is 7.69. The van der Waals surface area contributed by atoms with Crippen molar-refractivity contribution >= 4 is 11.6 Å². The molecule has 4 aromatic rings. The van der Waals surface area contributed by atoms with E-state index in [0.29, 0.717) is 17.5 Å². The van der Waals surface area contributed by atoms with Crippen molar-refractivity contribution in [1.82, 2.24) is 24.6 Å². The van der Waals surface area contributed by atoms with Crippen molar-refractivity contribution in [2.24, 2.45) is 0 Å². The van der Waals surface area contributed by atoms with E-state index in [9.17, 15) is 0 Å².